The molecule has 2 atom stereocenters. The van der Waals surface area contributed by atoms with Crippen molar-refractivity contribution < 1.29 is 9.53 Å². The van der Waals surface area contributed by atoms with Crippen LogP contribution in [0.5, 0.6) is 0 Å². The fraction of sp³-hybridized carbons (Fsp3) is 0.944. The van der Waals surface area contributed by atoms with Crippen LogP contribution in [0.1, 0.15) is 74.7 Å². The Bertz CT molecular complexity index is 383. The molecule has 1 saturated carbocycles. The number of hydrogen-bond donors (Lipinski definition) is 2. The average molecular weight is 312 g/mol. The Labute approximate surface area is 136 Å². The Hall–Kier alpha value is -0.770. The van der Waals surface area contributed by atoms with Gasteiger partial charge in [-0.15, -0.1) is 0 Å². The van der Waals surface area contributed by atoms with Gasteiger partial charge in [-0.25, -0.2) is 4.79 Å². The van der Waals surface area contributed by atoms with E-state index in [9.17, 15) is 4.79 Å². The Morgan fingerprint density at radius 2 is 1.73 bits per heavy atom. The third-order valence-corrected chi connectivity index (χ3v) is 4.53. The van der Waals surface area contributed by atoms with Gasteiger partial charge in [-0.1, -0.05) is 20.8 Å². The normalized spacial score (nSPS) is 21.1. The second kappa shape index (κ2) is 6.77. The molecule has 22 heavy (non-hydrogen) atoms. The number of alkyl carbamates (subject to hydrolysis) is 1. The van der Waals surface area contributed by atoms with Gasteiger partial charge in [-0.05, 0) is 65.2 Å². The van der Waals surface area contributed by atoms with Crippen molar-refractivity contribution in [3.63, 3.8) is 0 Å². The van der Waals surface area contributed by atoms with Gasteiger partial charge in [0, 0.05) is 18.1 Å². The zero-order valence-corrected chi connectivity index (χ0v) is 15.8. The number of nitrogens with one attached hydrogen (secondary N) is 2. The zero-order chi connectivity index (χ0) is 17.2. The molecule has 4 heteroatoms. The molecule has 0 heterocycles. The lowest BCUT2D eigenvalue weighted by molar-refractivity contribution is 0.0503. The lowest BCUT2D eigenvalue weighted by Gasteiger charge is -2.38. The van der Waals surface area contributed by atoms with Crippen LogP contribution in [-0.2, 0) is 4.74 Å². The van der Waals surface area contributed by atoms with Crippen LogP contribution in [-0.4, -0.2) is 29.8 Å². The van der Waals surface area contributed by atoms with Gasteiger partial charge in [-0.2, -0.15) is 0 Å². The van der Waals surface area contributed by atoms with E-state index in [1.165, 1.54) is 12.8 Å². The number of carbonyl (C=O) groups is 1. The maximum Gasteiger partial charge on any atom is 0.407 e. The molecule has 0 aromatic rings. The van der Waals surface area contributed by atoms with E-state index in [4.69, 9.17) is 4.74 Å². The van der Waals surface area contributed by atoms with E-state index in [0.717, 1.165) is 6.42 Å². The summed E-state index contributed by atoms with van der Waals surface area (Å²) in [5, 5.41) is 6.71. The molecule has 0 radical (unpaired) electrons. The highest BCUT2D eigenvalue weighted by Gasteiger charge is 2.44. The molecule has 0 aromatic heterocycles. The van der Waals surface area contributed by atoms with E-state index >= 15 is 0 Å². The largest absolute Gasteiger partial charge is 0.444 e. The van der Waals surface area contributed by atoms with Crippen LogP contribution >= 0.6 is 0 Å². The van der Waals surface area contributed by atoms with Gasteiger partial charge in [-0.3, -0.25) is 0 Å². The molecule has 1 rings (SSSR count). The first kappa shape index (κ1) is 19.3. The Kier molecular flexibility index (Phi) is 5.94. The van der Waals surface area contributed by atoms with E-state index in [2.05, 4.69) is 45.3 Å². The monoisotopic (exact) mass is 312 g/mol. The Morgan fingerprint density at radius 3 is 2.14 bits per heavy atom. The van der Waals surface area contributed by atoms with Crippen molar-refractivity contribution in [3.8, 4) is 0 Å². The average Bonchev–Trinajstić information content (AvgIpc) is 3.03. The van der Waals surface area contributed by atoms with Gasteiger partial charge in [0.2, 0.25) is 0 Å². The second-order valence-electron chi connectivity index (χ2n) is 9.03. The van der Waals surface area contributed by atoms with Crippen molar-refractivity contribution >= 4 is 6.09 Å². The van der Waals surface area contributed by atoms with Crippen molar-refractivity contribution in [2.75, 3.05) is 6.54 Å². The fourth-order valence-electron chi connectivity index (χ4n) is 2.99. The van der Waals surface area contributed by atoms with Gasteiger partial charge < -0.3 is 15.4 Å². The quantitative estimate of drug-likeness (QED) is 0.744. The van der Waals surface area contributed by atoms with Crippen molar-refractivity contribution in [3.05, 3.63) is 0 Å². The molecule has 2 N–H and O–H groups in total. The summed E-state index contributed by atoms with van der Waals surface area (Å²) in [5.41, 5.74) is -0.152. The predicted molar refractivity (Wildman–Crippen MR) is 92.0 cm³/mol. The number of carbonyl (C=O) groups excluding carboxylic acids is 1. The molecule has 0 aromatic carbocycles. The van der Waals surface area contributed by atoms with Crippen LogP contribution < -0.4 is 10.6 Å². The van der Waals surface area contributed by atoms with Crippen molar-refractivity contribution in [2.24, 2.45) is 11.3 Å². The van der Waals surface area contributed by atoms with E-state index in [0.29, 0.717) is 23.9 Å². The summed E-state index contributed by atoms with van der Waals surface area (Å²) in [4.78, 5) is 11.9. The van der Waals surface area contributed by atoms with Crippen molar-refractivity contribution in [2.45, 2.75) is 91.8 Å². The fourth-order valence-corrected chi connectivity index (χ4v) is 2.99. The highest BCUT2D eigenvalue weighted by atomic mass is 16.6. The molecular weight excluding hydrogens is 276 g/mol. The molecule has 1 aliphatic carbocycles. The third kappa shape index (κ3) is 6.55. The summed E-state index contributed by atoms with van der Waals surface area (Å²) < 4.78 is 5.34. The Balaban J connectivity index is 2.60. The maximum atomic E-state index is 11.9. The smallest absolute Gasteiger partial charge is 0.407 e. The summed E-state index contributed by atoms with van der Waals surface area (Å²) in [6.45, 7) is 17.5. The number of hydrogen-bond acceptors (Lipinski definition) is 3. The maximum absolute atomic E-state index is 11.9. The van der Waals surface area contributed by atoms with Gasteiger partial charge in [0.05, 0.1) is 0 Å². The summed E-state index contributed by atoms with van der Waals surface area (Å²) in [6, 6.07) is 0.455. The summed E-state index contributed by atoms with van der Waals surface area (Å²) >= 11 is 0. The van der Waals surface area contributed by atoms with Gasteiger partial charge in [0.15, 0.2) is 0 Å². The highest BCUT2D eigenvalue weighted by molar-refractivity contribution is 5.67. The van der Waals surface area contributed by atoms with Gasteiger partial charge in [0.25, 0.3) is 0 Å². The first-order valence-electron chi connectivity index (χ1n) is 8.60. The molecule has 0 saturated heterocycles. The van der Waals surface area contributed by atoms with Gasteiger partial charge >= 0.3 is 6.09 Å². The first-order chi connectivity index (χ1) is 9.85. The van der Waals surface area contributed by atoms with Crippen LogP contribution in [0.3, 0.4) is 0 Å². The van der Waals surface area contributed by atoms with Crippen molar-refractivity contribution in [1.82, 2.24) is 10.6 Å². The minimum Gasteiger partial charge on any atom is -0.444 e. The van der Waals surface area contributed by atoms with E-state index in [1.54, 1.807) is 0 Å². The zero-order valence-electron chi connectivity index (χ0n) is 15.8. The van der Waals surface area contributed by atoms with Crippen LogP contribution in [0.25, 0.3) is 0 Å². The van der Waals surface area contributed by atoms with Gasteiger partial charge in [0.1, 0.15) is 5.60 Å². The SMILES string of the molecule is CC(C)CC(C)(CNC(=O)OC(C)(C)C)NC(C)C1(C)CC1. The molecule has 1 fully saturated rings. The highest BCUT2D eigenvalue weighted by Crippen LogP contribution is 2.48. The summed E-state index contributed by atoms with van der Waals surface area (Å²) in [6.07, 6.45) is 3.26. The van der Waals surface area contributed by atoms with Crippen LogP contribution in [0.2, 0.25) is 0 Å². The molecule has 1 amide bonds. The molecule has 0 bridgehead atoms. The van der Waals surface area contributed by atoms with Crippen LogP contribution in [0, 0.1) is 11.3 Å². The van der Waals surface area contributed by atoms with E-state index < -0.39 is 5.60 Å². The lowest BCUT2D eigenvalue weighted by atomic mass is 9.87. The topological polar surface area (TPSA) is 50.4 Å². The minimum absolute atomic E-state index is 0.115. The van der Waals surface area contributed by atoms with E-state index in [1.807, 2.05) is 20.8 Å². The lowest BCUT2D eigenvalue weighted by Crippen LogP contribution is -2.57. The van der Waals surface area contributed by atoms with E-state index in [-0.39, 0.29) is 11.6 Å². The molecule has 2 unspecified atom stereocenters. The standard InChI is InChI=1S/C18H36N2O2/c1-13(2)11-18(8,20-14(3)17(7)9-10-17)12-19-15(21)22-16(4,5)6/h13-14,20H,9-12H2,1-8H3,(H,19,21). The third-order valence-electron chi connectivity index (χ3n) is 4.53. The molecule has 130 valence electrons. The summed E-state index contributed by atoms with van der Waals surface area (Å²) in [7, 11) is 0. The molecule has 0 spiro atoms. The second-order valence-corrected chi connectivity index (χ2v) is 9.03. The number of ether oxygens (including phenoxy) is 1. The Morgan fingerprint density at radius 1 is 1.18 bits per heavy atom. The molecule has 0 aliphatic heterocycles. The van der Waals surface area contributed by atoms with Crippen LogP contribution in [0.4, 0.5) is 4.79 Å². The minimum atomic E-state index is -0.458. The first-order valence-corrected chi connectivity index (χ1v) is 8.60. The summed E-state index contributed by atoms with van der Waals surface area (Å²) in [5.74, 6) is 0.567. The van der Waals surface area contributed by atoms with Crippen LogP contribution in [0.15, 0.2) is 0 Å². The molecular formula is C18H36N2O2. The number of amides is 1. The predicted octanol–water partition coefficient (Wildman–Crippen LogP) is 4.09. The number of rotatable bonds is 7. The molecule has 1 aliphatic rings. The van der Waals surface area contributed by atoms with Crippen molar-refractivity contribution in [1.29, 1.82) is 0 Å². The molecule has 4 nitrogen and oxygen atoms in total.